The Kier molecular flexibility index (Phi) is 5.59. The minimum atomic E-state index is -0.866. The normalized spacial score (nSPS) is 10.0. The van der Waals surface area contributed by atoms with E-state index in [1.165, 1.54) is 12.1 Å². The van der Waals surface area contributed by atoms with E-state index in [1.807, 2.05) is 0 Å². The summed E-state index contributed by atoms with van der Waals surface area (Å²) in [6, 6.07) is 4.37. The monoisotopic (exact) mass is 257 g/mol. The number of halogens is 1. The molecule has 0 radical (unpaired) electrons. The van der Waals surface area contributed by atoms with Gasteiger partial charge in [-0.1, -0.05) is 11.6 Å². The Hall–Kier alpha value is -1.46. The van der Waals surface area contributed by atoms with E-state index in [-0.39, 0.29) is 5.56 Å². The van der Waals surface area contributed by atoms with Crippen molar-refractivity contribution in [1.82, 2.24) is 0 Å². The molecule has 0 aromatic heterocycles. The first-order valence-corrected chi connectivity index (χ1v) is 5.35. The summed E-state index contributed by atoms with van der Waals surface area (Å²) in [5, 5.41) is 2.65. The molecule has 0 aliphatic heterocycles. The molecule has 0 bridgehead atoms. The Morgan fingerprint density at radius 1 is 1.35 bits per heavy atom. The fraction of sp³-hybridized carbons (Fsp3) is 0.364. The maximum Gasteiger partial charge on any atom is 0.316 e. The van der Waals surface area contributed by atoms with E-state index in [0.29, 0.717) is 24.0 Å². The predicted octanol–water partition coefficient (Wildman–Crippen LogP) is 2.66. The number of benzene rings is 1. The van der Waals surface area contributed by atoms with Crippen LogP contribution in [0, 0.1) is 4.91 Å². The Morgan fingerprint density at radius 3 is 2.76 bits per heavy atom. The Balaban J connectivity index is 2.69. The SMILES string of the molecule is COCCCOc1cc(Cl)cc(C(=O)N=O)c1. The van der Waals surface area contributed by atoms with Crippen molar-refractivity contribution < 1.29 is 14.3 Å². The maximum atomic E-state index is 11.1. The molecule has 0 aliphatic rings. The number of hydrogen-bond acceptors (Lipinski definition) is 4. The average Bonchev–Trinajstić information content (AvgIpc) is 2.33. The van der Waals surface area contributed by atoms with Crippen LogP contribution in [0.25, 0.3) is 0 Å². The molecule has 92 valence electrons. The van der Waals surface area contributed by atoms with Gasteiger partial charge in [0.1, 0.15) is 5.75 Å². The number of hydrogen-bond donors (Lipinski definition) is 0. The lowest BCUT2D eigenvalue weighted by Gasteiger charge is -2.07. The molecule has 0 aliphatic carbocycles. The van der Waals surface area contributed by atoms with E-state index in [2.05, 4.69) is 5.18 Å². The fourth-order valence-corrected chi connectivity index (χ4v) is 1.44. The van der Waals surface area contributed by atoms with Crippen molar-refractivity contribution in [1.29, 1.82) is 0 Å². The van der Waals surface area contributed by atoms with E-state index in [9.17, 15) is 9.70 Å². The molecule has 0 spiro atoms. The van der Waals surface area contributed by atoms with Gasteiger partial charge in [0, 0.05) is 30.3 Å². The second-order valence-corrected chi connectivity index (χ2v) is 3.70. The lowest BCUT2D eigenvalue weighted by molar-refractivity contribution is 0.1000. The lowest BCUT2D eigenvalue weighted by Crippen LogP contribution is -2.02. The summed E-state index contributed by atoms with van der Waals surface area (Å²) in [4.78, 5) is 21.2. The zero-order valence-electron chi connectivity index (χ0n) is 9.31. The Morgan fingerprint density at radius 2 is 2.12 bits per heavy atom. The Labute approximate surface area is 104 Å². The molecule has 0 N–H and O–H groups in total. The third kappa shape index (κ3) is 4.50. The highest BCUT2D eigenvalue weighted by Gasteiger charge is 2.09. The van der Waals surface area contributed by atoms with Crippen molar-refractivity contribution in [2.45, 2.75) is 6.42 Å². The molecule has 0 heterocycles. The van der Waals surface area contributed by atoms with Gasteiger partial charge >= 0.3 is 5.91 Å². The molecular weight excluding hydrogens is 246 g/mol. The van der Waals surface area contributed by atoms with Crippen molar-refractivity contribution in [2.75, 3.05) is 20.3 Å². The molecule has 0 unspecified atom stereocenters. The van der Waals surface area contributed by atoms with Crippen molar-refractivity contribution >= 4 is 17.5 Å². The van der Waals surface area contributed by atoms with Gasteiger partial charge in [-0.2, -0.15) is 0 Å². The summed E-state index contributed by atoms with van der Waals surface area (Å²) in [5.74, 6) is -0.435. The number of ether oxygens (including phenoxy) is 2. The molecule has 17 heavy (non-hydrogen) atoms. The van der Waals surface area contributed by atoms with Crippen LogP contribution in [0.15, 0.2) is 23.4 Å². The summed E-state index contributed by atoms with van der Waals surface area (Å²) in [7, 11) is 1.60. The van der Waals surface area contributed by atoms with E-state index in [1.54, 1.807) is 13.2 Å². The predicted molar refractivity (Wildman–Crippen MR) is 63.6 cm³/mol. The van der Waals surface area contributed by atoms with Crippen LogP contribution in [-0.4, -0.2) is 26.2 Å². The van der Waals surface area contributed by atoms with Crippen LogP contribution < -0.4 is 4.74 Å². The molecule has 5 nitrogen and oxygen atoms in total. The van der Waals surface area contributed by atoms with Gasteiger partial charge in [-0.15, -0.1) is 4.91 Å². The summed E-state index contributed by atoms with van der Waals surface area (Å²) in [5.41, 5.74) is 0.120. The molecule has 1 aromatic rings. The molecule has 0 fully saturated rings. The molecular formula is C11H12ClNO4. The van der Waals surface area contributed by atoms with E-state index >= 15 is 0 Å². The largest absolute Gasteiger partial charge is 0.493 e. The van der Waals surface area contributed by atoms with Gasteiger partial charge in [-0.25, -0.2) is 0 Å². The summed E-state index contributed by atoms with van der Waals surface area (Å²) < 4.78 is 10.2. The quantitative estimate of drug-likeness (QED) is 0.580. The van der Waals surface area contributed by atoms with Crippen molar-refractivity contribution in [3.63, 3.8) is 0 Å². The van der Waals surface area contributed by atoms with Crippen LogP contribution in [0.2, 0.25) is 5.02 Å². The van der Waals surface area contributed by atoms with Crippen molar-refractivity contribution in [2.24, 2.45) is 5.18 Å². The lowest BCUT2D eigenvalue weighted by atomic mass is 10.2. The van der Waals surface area contributed by atoms with Gasteiger partial charge in [-0.3, -0.25) is 4.79 Å². The first-order valence-electron chi connectivity index (χ1n) is 4.97. The number of rotatable bonds is 6. The number of amides is 1. The van der Waals surface area contributed by atoms with E-state index in [4.69, 9.17) is 21.1 Å². The fourth-order valence-electron chi connectivity index (χ4n) is 1.22. The van der Waals surface area contributed by atoms with Crippen LogP contribution in [0.3, 0.4) is 0 Å². The highest BCUT2D eigenvalue weighted by molar-refractivity contribution is 6.31. The van der Waals surface area contributed by atoms with Gasteiger partial charge in [0.25, 0.3) is 0 Å². The van der Waals surface area contributed by atoms with Crippen molar-refractivity contribution in [3.8, 4) is 5.75 Å². The smallest absolute Gasteiger partial charge is 0.316 e. The second-order valence-electron chi connectivity index (χ2n) is 3.27. The second kappa shape index (κ2) is 6.98. The summed E-state index contributed by atoms with van der Waals surface area (Å²) >= 11 is 5.79. The molecule has 0 saturated heterocycles. The topological polar surface area (TPSA) is 65.0 Å². The maximum absolute atomic E-state index is 11.1. The van der Waals surface area contributed by atoms with Crippen LogP contribution >= 0.6 is 11.6 Å². The zero-order valence-corrected chi connectivity index (χ0v) is 10.1. The minimum absolute atomic E-state index is 0.120. The third-order valence-electron chi connectivity index (χ3n) is 1.96. The van der Waals surface area contributed by atoms with E-state index < -0.39 is 5.91 Å². The number of nitrogens with zero attached hydrogens (tertiary/aromatic N) is 1. The van der Waals surface area contributed by atoms with Crippen molar-refractivity contribution in [3.05, 3.63) is 33.7 Å². The standard InChI is InChI=1S/C11H12ClNO4/c1-16-3-2-4-17-10-6-8(11(14)13-15)5-9(12)7-10/h5-7H,2-4H2,1H3. The number of nitroso groups, excluding NO2 is 1. The first-order chi connectivity index (χ1) is 8.17. The van der Waals surface area contributed by atoms with Gasteiger partial charge in [0.2, 0.25) is 0 Å². The molecule has 1 amide bonds. The van der Waals surface area contributed by atoms with Gasteiger partial charge in [0.05, 0.1) is 12.2 Å². The number of methoxy groups -OCH3 is 1. The molecule has 1 aromatic carbocycles. The number of carbonyl (C=O) groups is 1. The van der Waals surface area contributed by atoms with Gasteiger partial charge in [-0.05, 0) is 18.2 Å². The third-order valence-corrected chi connectivity index (χ3v) is 2.18. The van der Waals surface area contributed by atoms with E-state index in [0.717, 1.165) is 6.42 Å². The highest BCUT2D eigenvalue weighted by atomic mass is 35.5. The number of carbonyl (C=O) groups excluding carboxylic acids is 1. The summed E-state index contributed by atoms with van der Waals surface area (Å²) in [6.45, 7) is 1.03. The van der Waals surface area contributed by atoms with Crippen LogP contribution in [0.4, 0.5) is 0 Å². The van der Waals surface area contributed by atoms with Crippen LogP contribution in [-0.2, 0) is 4.74 Å². The van der Waals surface area contributed by atoms with Crippen LogP contribution in [0.5, 0.6) is 5.75 Å². The Bertz CT molecular complexity index is 408. The molecule has 0 saturated carbocycles. The molecule has 1 rings (SSSR count). The molecule has 0 atom stereocenters. The van der Waals surface area contributed by atoms with Crippen LogP contribution in [0.1, 0.15) is 16.8 Å². The zero-order chi connectivity index (χ0) is 12.7. The van der Waals surface area contributed by atoms with Gasteiger partial charge < -0.3 is 9.47 Å². The minimum Gasteiger partial charge on any atom is -0.493 e. The van der Waals surface area contributed by atoms with Gasteiger partial charge in [0.15, 0.2) is 0 Å². The molecule has 6 heteroatoms. The summed E-state index contributed by atoms with van der Waals surface area (Å²) in [6.07, 6.45) is 0.720. The first kappa shape index (κ1) is 13.6. The highest BCUT2D eigenvalue weighted by Crippen LogP contribution is 2.21. The average molecular weight is 258 g/mol.